The average molecular weight is 525 g/mol. The van der Waals surface area contributed by atoms with Gasteiger partial charge in [0.15, 0.2) is 23.1 Å². The molecule has 0 aliphatic rings. The van der Waals surface area contributed by atoms with Crippen LogP contribution in [0.3, 0.4) is 0 Å². The van der Waals surface area contributed by atoms with Crippen LogP contribution >= 0.6 is 0 Å². The Morgan fingerprint density at radius 1 is 0.947 bits per heavy atom. The number of anilines is 1. The van der Waals surface area contributed by atoms with Crippen molar-refractivity contribution in [2.24, 2.45) is 0 Å². The highest BCUT2D eigenvalue weighted by atomic mass is 19.2. The number of hydrogen-bond acceptors (Lipinski definition) is 8. The maximum atomic E-state index is 15.0. The summed E-state index contributed by atoms with van der Waals surface area (Å²) in [6, 6.07) is 8.80. The molecule has 2 heterocycles. The van der Waals surface area contributed by atoms with Crippen LogP contribution in [-0.4, -0.2) is 49.8 Å². The van der Waals surface area contributed by atoms with E-state index >= 15 is 4.39 Å². The maximum absolute atomic E-state index is 15.0. The number of hydrogen-bond donors (Lipinski definition) is 2. The van der Waals surface area contributed by atoms with E-state index in [2.05, 4.69) is 20.6 Å². The van der Waals surface area contributed by atoms with Crippen molar-refractivity contribution >= 4 is 22.5 Å². The van der Waals surface area contributed by atoms with E-state index in [0.717, 1.165) is 0 Å². The summed E-state index contributed by atoms with van der Waals surface area (Å²) in [4.78, 5) is 20.9. The van der Waals surface area contributed by atoms with Crippen LogP contribution in [0.25, 0.3) is 10.9 Å². The molecule has 0 bridgehead atoms. The summed E-state index contributed by atoms with van der Waals surface area (Å²) in [7, 11) is 3.31. The summed E-state index contributed by atoms with van der Waals surface area (Å²) in [6.07, 6.45) is 4.23. The largest absolute Gasteiger partial charge is 0.493 e. The fourth-order valence-corrected chi connectivity index (χ4v) is 3.60. The number of ether oxygens (including phenoxy) is 4. The van der Waals surface area contributed by atoms with Crippen LogP contribution in [0.5, 0.6) is 28.7 Å². The van der Waals surface area contributed by atoms with Gasteiger partial charge in [-0.25, -0.2) is 4.39 Å². The maximum Gasteiger partial charge on any atom is 0.261 e. The molecular weight excluding hydrogens is 498 g/mol. The zero-order valence-electron chi connectivity index (χ0n) is 21.0. The fraction of sp³-hybridized carbons (Fsp3) is 0.222. The van der Waals surface area contributed by atoms with E-state index in [1.165, 1.54) is 50.0 Å². The van der Waals surface area contributed by atoms with Gasteiger partial charge in [-0.15, -0.1) is 0 Å². The summed E-state index contributed by atoms with van der Waals surface area (Å²) >= 11 is 0. The predicted molar refractivity (Wildman–Crippen MR) is 138 cm³/mol. The molecule has 0 saturated heterocycles. The SMILES string of the molecule is CCOc1ccncc1C(=O)Nc1ccc(Oc2ccnc3cc(OCCNC)c(OC)cc23)c(F)c1F. The summed E-state index contributed by atoms with van der Waals surface area (Å²) in [5, 5.41) is 5.85. The highest BCUT2D eigenvalue weighted by Gasteiger charge is 2.20. The molecule has 0 spiro atoms. The van der Waals surface area contributed by atoms with E-state index in [4.69, 9.17) is 18.9 Å². The standard InChI is InChI=1S/C27H26F2N4O5/c1-4-36-20-7-9-31-15-17(20)27(34)33-18-5-6-22(26(29)25(18)28)38-21-8-10-32-19-14-24(37-12-11-30-2)23(35-3)13-16(19)21/h5-10,13-15,30H,4,11-12H2,1-3H3,(H,33,34). The molecule has 0 radical (unpaired) electrons. The lowest BCUT2D eigenvalue weighted by Crippen LogP contribution is -2.16. The van der Waals surface area contributed by atoms with Gasteiger partial charge in [0.05, 0.1) is 30.5 Å². The average Bonchev–Trinajstić information content (AvgIpc) is 2.93. The second-order valence-corrected chi connectivity index (χ2v) is 7.88. The Morgan fingerprint density at radius 2 is 1.76 bits per heavy atom. The zero-order valence-corrected chi connectivity index (χ0v) is 21.0. The predicted octanol–water partition coefficient (Wildman–Crippen LogP) is 4.96. The number of methoxy groups -OCH3 is 1. The van der Waals surface area contributed by atoms with Crippen LogP contribution < -0.4 is 29.6 Å². The second-order valence-electron chi connectivity index (χ2n) is 7.88. The third-order valence-corrected chi connectivity index (χ3v) is 5.44. The van der Waals surface area contributed by atoms with E-state index in [9.17, 15) is 9.18 Å². The van der Waals surface area contributed by atoms with Crippen molar-refractivity contribution in [2.45, 2.75) is 6.92 Å². The molecule has 0 fully saturated rings. The van der Waals surface area contributed by atoms with E-state index in [0.29, 0.717) is 42.2 Å². The Kier molecular flexibility index (Phi) is 8.49. The number of fused-ring (bicyclic) bond motifs is 1. The van der Waals surface area contributed by atoms with Gasteiger partial charge in [0.1, 0.15) is 18.1 Å². The van der Waals surface area contributed by atoms with Gasteiger partial charge >= 0.3 is 0 Å². The van der Waals surface area contributed by atoms with Crippen molar-refractivity contribution in [3.05, 3.63) is 72.2 Å². The highest BCUT2D eigenvalue weighted by Crippen LogP contribution is 2.38. The van der Waals surface area contributed by atoms with E-state index in [1.807, 2.05) is 7.05 Å². The van der Waals surface area contributed by atoms with Crippen molar-refractivity contribution < 1.29 is 32.5 Å². The lowest BCUT2D eigenvalue weighted by Gasteiger charge is -2.15. The first-order chi connectivity index (χ1) is 18.5. The summed E-state index contributed by atoms with van der Waals surface area (Å²) in [5.41, 5.74) is 0.228. The number of rotatable bonds is 11. The number of nitrogens with zero attached hydrogens (tertiary/aromatic N) is 2. The van der Waals surface area contributed by atoms with Gasteiger partial charge in [-0.3, -0.25) is 14.8 Å². The van der Waals surface area contributed by atoms with Gasteiger partial charge < -0.3 is 29.6 Å². The molecule has 0 aliphatic heterocycles. The lowest BCUT2D eigenvalue weighted by atomic mass is 10.1. The number of halogens is 2. The Bertz CT molecular complexity index is 1450. The van der Waals surface area contributed by atoms with Crippen LogP contribution in [0.15, 0.2) is 55.0 Å². The molecule has 1 amide bonds. The third-order valence-electron chi connectivity index (χ3n) is 5.44. The van der Waals surface area contributed by atoms with E-state index < -0.39 is 17.5 Å². The molecule has 0 unspecified atom stereocenters. The topological polar surface area (TPSA) is 104 Å². The number of benzene rings is 2. The van der Waals surface area contributed by atoms with Crippen molar-refractivity contribution in [2.75, 3.05) is 39.2 Å². The number of likely N-dealkylation sites (N-methyl/N-ethyl adjacent to an activating group) is 1. The molecule has 9 nitrogen and oxygen atoms in total. The minimum absolute atomic E-state index is 0.0843. The quantitative estimate of drug-likeness (QED) is 0.266. The second kappa shape index (κ2) is 12.2. The fourth-order valence-electron chi connectivity index (χ4n) is 3.60. The number of nitrogens with one attached hydrogen (secondary N) is 2. The number of carbonyl (C=O) groups is 1. The highest BCUT2D eigenvalue weighted by molar-refractivity contribution is 6.06. The van der Waals surface area contributed by atoms with Gasteiger partial charge in [0.2, 0.25) is 5.82 Å². The molecular formula is C27H26F2N4O5. The summed E-state index contributed by atoms with van der Waals surface area (Å²) in [5.74, 6) is -2.22. The van der Waals surface area contributed by atoms with Crippen molar-refractivity contribution in [1.82, 2.24) is 15.3 Å². The van der Waals surface area contributed by atoms with Gasteiger partial charge in [-0.2, -0.15) is 4.39 Å². The zero-order chi connectivity index (χ0) is 27.1. The number of pyridine rings is 2. The normalized spacial score (nSPS) is 10.8. The van der Waals surface area contributed by atoms with Crippen LogP contribution in [0.2, 0.25) is 0 Å². The molecule has 2 N–H and O–H groups in total. The molecule has 198 valence electrons. The molecule has 2 aromatic carbocycles. The lowest BCUT2D eigenvalue weighted by molar-refractivity contribution is 0.102. The first-order valence-electron chi connectivity index (χ1n) is 11.7. The minimum atomic E-state index is -1.28. The Labute approximate surface area is 217 Å². The van der Waals surface area contributed by atoms with Gasteiger partial charge in [0.25, 0.3) is 5.91 Å². The van der Waals surface area contributed by atoms with E-state index in [-0.39, 0.29) is 28.5 Å². The van der Waals surface area contributed by atoms with Crippen LogP contribution in [-0.2, 0) is 0 Å². The summed E-state index contributed by atoms with van der Waals surface area (Å²) in [6.45, 7) is 3.13. The Balaban J connectivity index is 1.60. The monoisotopic (exact) mass is 524 g/mol. The van der Waals surface area contributed by atoms with Crippen molar-refractivity contribution in [3.63, 3.8) is 0 Å². The molecule has 0 atom stereocenters. The van der Waals surface area contributed by atoms with Crippen LogP contribution in [0.4, 0.5) is 14.5 Å². The van der Waals surface area contributed by atoms with Crippen molar-refractivity contribution in [3.8, 4) is 28.7 Å². The molecule has 0 saturated carbocycles. The van der Waals surface area contributed by atoms with E-state index in [1.54, 1.807) is 19.1 Å². The Hall–Kier alpha value is -4.51. The van der Waals surface area contributed by atoms with Crippen molar-refractivity contribution in [1.29, 1.82) is 0 Å². The molecule has 0 aliphatic carbocycles. The van der Waals surface area contributed by atoms with Gasteiger partial charge in [-0.05, 0) is 44.3 Å². The van der Waals surface area contributed by atoms with Gasteiger partial charge in [0, 0.05) is 36.6 Å². The molecule has 2 aromatic heterocycles. The van der Waals surface area contributed by atoms with Crippen LogP contribution in [0, 0.1) is 11.6 Å². The first kappa shape index (κ1) is 26.6. The number of aromatic nitrogens is 2. The number of amides is 1. The number of carbonyl (C=O) groups excluding carboxylic acids is 1. The molecule has 38 heavy (non-hydrogen) atoms. The molecule has 4 rings (SSSR count). The first-order valence-corrected chi connectivity index (χ1v) is 11.7. The molecule has 11 heteroatoms. The Morgan fingerprint density at radius 3 is 2.53 bits per heavy atom. The molecule has 4 aromatic rings. The van der Waals surface area contributed by atoms with Gasteiger partial charge in [-0.1, -0.05) is 0 Å². The van der Waals surface area contributed by atoms with Crippen LogP contribution in [0.1, 0.15) is 17.3 Å². The third kappa shape index (κ3) is 5.73. The minimum Gasteiger partial charge on any atom is -0.493 e. The summed E-state index contributed by atoms with van der Waals surface area (Å²) < 4.78 is 52.3. The smallest absolute Gasteiger partial charge is 0.261 e.